The van der Waals surface area contributed by atoms with Crippen molar-refractivity contribution < 1.29 is 22.8 Å². The highest BCUT2D eigenvalue weighted by molar-refractivity contribution is 5.80. The lowest BCUT2D eigenvalue weighted by molar-refractivity contribution is -0.138. The Kier molecular flexibility index (Phi) is 4.12. The molecule has 2 aliphatic rings. The van der Waals surface area contributed by atoms with Crippen LogP contribution < -0.4 is 0 Å². The summed E-state index contributed by atoms with van der Waals surface area (Å²) in [6.45, 7) is -0.432. The van der Waals surface area contributed by atoms with E-state index in [0.29, 0.717) is 5.82 Å². The first kappa shape index (κ1) is 15.3. The summed E-state index contributed by atoms with van der Waals surface area (Å²) in [4.78, 5) is 17.8. The minimum atomic E-state index is -2.92. The van der Waals surface area contributed by atoms with E-state index in [1.54, 1.807) is 0 Å². The Labute approximate surface area is 126 Å². The first-order chi connectivity index (χ1) is 10.5. The lowest BCUT2D eigenvalue weighted by Gasteiger charge is -2.24. The molecule has 0 unspecified atom stereocenters. The molecule has 122 valence electrons. The van der Waals surface area contributed by atoms with Gasteiger partial charge in [0.1, 0.15) is 12.6 Å². The van der Waals surface area contributed by atoms with E-state index in [1.165, 1.54) is 12.0 Å². The van der Waals surface area contributed by atoms with Crippen molar-refractivity contribution >= 4 is 5.91 Å². The van der Waals surface area contributed by atoms with Crippen LogP contribution in [0.2, 0.25) is 0 Å². The van der Waals surface area contributed by atoms with Crippen molar-refractivity contribution in [2.45, 2.75) is 50.7 Å². The maximum absolute atomic E-state index is 13.8. The third-order valence-corrected chi connectivity index (χ3v) is 4.30. The van der Waals surface area contributed by atoms with Crippen LogP contribution >= 0.6 is 0 Å². The lowest BCUT2D eigenvalue weighted by atomic mass is 10.1. The van der Waals surface area contributed by atoms with Crippen LogP contribution in [0.1, 0.15) is 49.9 Å². The second-order valence-corrected chi connectivity index (χ2v) is 6.01. The summed E-state index contributed by atoms with van der Waals surface area (Å²) in [6, 6.07) is -0.846. The summed E-state index contributed by atoms with van der Waals surface area (Å²) < 4.78 is 37.6. The van der Waals surface area contributed by atoms with Crippen molar-refractivity contribution in [3.63, 3.8) is 0 Å². The summed E-state index contributed by atoms with van der Waals surface area (Å²) in [6.07, 6.45) is 3.02. The molecule has 1 aliphatic carbocycles. The molecule has 0 radical (unpaired) electrons. The molecule has 0 aromatic carbocycles. The number of alkyl halides is 2. The molecule has 0 spiro atoms. The Morgan fingerprint density at radius 1 is 1.45 bits per heavy atom. The van der Waals surface area contributed by atoms with Crippen molar-refractivity contribution in [2.75, 3.05) is 13.7 Å². The third kappa shape index (κ3) is 2.97. The van der Waals surface area contributed by atoms with Gasteiger partial charge < -0.3 is 14.2 Å². The summed E-state index contributed by atoms with van der Waals surface area (Å²) in [5, 5.41) is 3.70. The predicted molar refractivity (Wildman–Crippen MR) is 71.0 cm³/mol. The minimum Gasteiger partial charge on any atom is -0.377 e. The Morgan fingerprint density at radius 2 is 2.18 bits per heavy atom. The molecule has 1 saturated carbocycles. The number of likely N-dealkylation sites (tertiary alicyclic amines) is 1. The summed E-state index contributed by atoms with van der Waals surface area (Å²) in [7, 11) is 1.48. The van der Waals surface area contributed by atoms with Crippen LogP contribution in [0.3, 0.4) is 0 Å². The van der Waals surface area contributed by atoms with Gasteiger partial charge >= 0.3 is 0 Å². The number of hydrogen-bond acceptors (Lipinski definition) is 5. The van der Waals surface area contributed by atoms with Gasteiger partial charge in [-0.25, -0.2) is 8.78 Å². The highest BCUT2D eigenvalue weighted by Gasteiger charge is 2.50. The number of ether oxygens (including phenoxy) is 1. The molecular formula is C14H19F2N3O3. The SMILES string of the molecule is COCc1noc([C@@H]2CC(F)(F)CN2C(=O)C2CCCC2)n1. The Hall–Kier alpha value is -1.57. The number of halogens is 2. The number of amides is 1. The first-order valence-electron chi connectivity index (χ1n) is 7.50. The molecular weight excluding hydrogens is 296 g/mol. The first-order valence-corrected chi connectivity index (χ1v) is 7.50. The van der Waals surface area contributed by atoms with E-state index in [2.05, 4.69) is 10.1 Å². The van der Waals surface area contributed by atoms with Crippen LogP contribution in [0.5, 0.6) is 0 Å². The fourth-order valence-electron chi connectivity index (χ4n) is 3.27. The van der Waals surface area contributed by atoms with Crippen molar-refractivity contribution in [2.24, 2.45) is 5.92 Å². The van der Waals surface area contributed by atoms with Crippen LogP contribution in [0.15, 0.2) is 4.52 Å². The number of carbonyl (C=O) groups excluding carboxylic acids is 1. The summed E-state index contributed by atoms with van der Waals surface area (Å²) in [5.74, 6) is -2.94. The normalized spacial score (nSPS) is 25.0. The lowest BCUT2D eigenvalue weighted by Crippen LogP contribution is -2.36. The van der Waals surface area contributed by atoms with Gasteiger partial charge in [-0.1, -0.05) is 18.0 Å². The molecule has 1 atom stereocenters. The van der Waals surface area contributed by atoms with Gasteiger partial charge in [0.2, 0.25) is 11.8 Å². The van der Waals surface area contributed by atoms with Crippen LogP contribution in [0.25, 0.3) is 0 Å². The van der Waals surface area contributed by atoms with Gasteiger partial charge in [-0.05, 0) is 12.8 Å². The van der Waals surface area contributed by atoms with Crippen LogP contribution in [0, 0.1) is 5.92 Å². The highest BCUT2D eigenvalue weighted by atomic mass is 19.3. The number of methoxy groups -OCH3 is 1. The van der Waals surface area contributed by atoms with Crippen LogP contribution in [-0.4, -0.2) is 40.5 Å². The number of aromatic nitrogens is 2. The van der Waals surface area contributed by atoms with Gasteiger partial charge in [-0.3, -0.25) is 4.79 Å². The van der Waals surface area contributed by atoms with E-state index in [-0.39, 0.29) is 24.3 Å². The Balaban J connectivity index is 1.81. The van der Waals surface area contributed by atoms with Crippen molar-refractivity contribution in [3.05, 3.63) is 11.7 Å². The highest BCUT2D eigenvalue weighted by Crippen LogP contribution is 2.42. The molecule has 0 N–H and O–H groups in total. The fourth-order valence-corrected chi connectivity index (χ4v) is 3.27. The Bertz CT molecular complexity index is 543. The topological polar surface area (TPSA) is 68.5 Å². The number of carbonyl (C=O) groups is 1. The van der Waals surface area contributed by atoms with Gasteiger partial charge in [0.05, 0.1) is 6.54 Å². The average molecular weight is 315 g/mol. The zero-order valence-corrected chi connectivity index (χ0v) is 12.4. The molecule has 1 saturated heterocycles. The number of rotatable bonds is 4. The van der Waals surface area contributed by atoms with E-state index < -0.39 is 24.9 Å². The monoisotopic (exact) mass is 315 g/mol. The number of hydrogen-bond donors (Lipinski definition) is 0. The van der Waals surface area contributed by atoms with Gasteiger partial charge in [-0.15, -0.1) is 0 Å². The van der Waals surface area contributed by atoms with E-state index in [9.17, 15) is 13.6 Å². The molecule has 6 nitrogen and oxygen atoms in total. The van der Waals surface area contributed by atoms with Gasteiger partial charge in [0.15, 0.2) is 5.82 Å². The van der Waals surface area contributed by atoms with Gasteiger partial charge in [-0.2, -0.15) is 4.98 Å². The van der Waals surface area contributed by atoms with Crippen LogP contribution in [0.4, 0.5) is 8.78 Å². The van der Waals surface area contributed by atoms with E-state index in [0.717, 1.165) is 25.7 Å². The largest absolute Gasteiger partial charge is 0.377 e. The molecule has 1 aromatic rings. The van der Waals surface area contributed by atoms with Crippen molar-refractivity contribution in [1.82, 2.24) is 15.0 Å². The van der Waals surface area contributed by atoms with Gasteiger partial charge in [0, 0.05) is 19.4 Å². The molecule has 1 aliphatic heterocycles. The smallest absolute Gasteiger partial charge is 0.267 e. The zero-order valence-electron chi connectivity index (χ0n) is 12.4. The van der Waals surface area contributed by atoms with Crippen LogP contribution in [-0.2, 0) is 16.1 Å². The van der Waals surface area contributed by atoms with Crippen molar-refractivity contribution in [3.8, 4) is 0 Å². The zero-order chi connectivity index (χ0) is 15.7. The maximum atomic E-state index is 13.8. The molecule has 22 heavy (non-hydrogen) atoms. The number of nitrogens with zero attached hydrogens (tertiary/aromatic N) is 3. The molecule has 0 bridgehead atoms. The second-order valence-electron chi connectivity index (χ2n) is 6.01. The second kappa shape index (κ2) is 5.91. The summed E-state index contributed by atoms with van der Waals surface area (Å²) >= 11 is 0. The Morgan fingerprint density at radius 3 is 2.86 bits per heavy atom. The fraction of sp³-hybridized carbons (Fsp3) is 0.786. The average Bonchev–Trinajstić information content (AvgIpc) is 3.17. The quantitative estimate of drug-likeness (QED) is 0.853. The van der Waals surface area contributed by atoms with E-state index >= 15 is 0 Å². The van der Waals surface area contributed by atoms with Gasteiger partial charge in [0.25, 0.3) is 5.92 Å². The third-order valence-electron chi connectivity index (χ3n) is 4.30. The standard InChI is InChI=1S/C14H19F2N3O3/c1-21-7-11-17-12(22-18-11)10-6-14(15,16)8-19(10)13(20)9-4-2-3-5-9/h9-10H,2-8H2,1H3/t10-/m0/s1. The summed E-state index contributed by atoms with van der Waals surface area (Å²) in [5.41, 5.74) is 0. The van der Waals surface area contributed by atoms with Crippen molar-refractivity contribution in [1.29, 1.82) is 0 Å². The van der Waals surface area contributed by atoms with E-state index in [1.807, 2.05) is 0 Å². The molecule has 2 fully saturated rings. The molecule has 3 rings (SSSR count). The minimum absolute atomic E-state index is 0.0653. The maximum Gasteiger partial charge on any atom is 0.267 e. The predicted octanol–water partition coefficient (Wildman–Crippen LogP) is 2.31. The molecule has 1 amide bonds. The molecule has 1 aromatic heterocycles. The molecule has 8 heteroatoms. The van der Waals surface area contributed by atoms with E-state index in [4.69, 9.17) is 9.26 Å². The molecule has 2 heterocycles.